The minimum absolute atomic E-state index is 0.0996. The summed E-state index contributed by atoms with van der Waals surface area (Å²) in [4.78, 5) is 12.0. The predicted octanol–water partition coefficient (Wildman–Crippen LogP) is 1.88. The van der Waals surface area contributed by atoms with Gasteiger partial charge in [0.2, 0.25) is 0 Å². The van der Waals surface area contributed by atoms with Gasteiger partial charge in [0.05, 0.1) is 12.5 Å². The third-order valence-electron chi connectivity index (χ3n) is 3.84. The van der Waals surface area contributed by atoms with E-state index in [1.165, 1.54) is 5.56 Å². The van der Waals surface area contributed by atoms with Crippen LogP contribution in [-0.4, -0.2) is 31.7 Å². The second kappa shape index (κ2) is 7.41. The smallest absolute Gasteiger partial charge is 0.311 e. The summed E-state index contributed by atoms with van der Waals surface area (Å²) < 4.78 is 5.18. The molecule has 3 atom stereocenters. The maximum Gasteiger partial charge on any atom is 0.311 e. The fraction of sp³-hybridized carbons (Fsp3) is 0.562. The van der Waals surface area contributed by atoms with Gasteiger partial charge in [-0.1, -0.05) is 30.3 Å². The topological polar surface area (TPSA) is 50.4 Å². The van der Waals surface area contributed by atoms with Crippen molar-refractivity contribution in [2.75, 3.05) is 19.7 Å². The maximum atomic E-state index is 12.0. The number of carbonyl (C=O) groups excluding carboxylic acids is 1. The fourth-order valence-electron chi connectivity index (χ4n) is 2.71. The van der Waals surface area contributed by atoms with Crippen LogP contribution < -0.4 is 10.6 Å². The number of esters is 1. The van der Waals surface area contributed by atoms with Crippen molar-refractivity contribution in [3.63, 3.8) is 0 Å². The van der Waals surface area contributed by atoms with Crippen LogP contribution in [0.15, 0.2) is 30.3 Å². The number of nitrogens with one attached hydrogen (secondary N) is 2. The van der Waals surface area contributed by atoms with Gasteiger partial charge in [-0.25, -0.2) is 0 Å². The molecule has 1 aliphatic rings. The number of hydrogen-bond donors (Lipinski definition) is 2. The summed E-state index contributed by atoms with van der Waals surface area (Å²) in [6.45, 7) is 6.06. The van der Waals surface area contributed by atoms with E-state index in [0.717, 1.165) is 13.0 Å². The van der Waals surface area contributed by atoms with Crippen molar-refractivity contribution in [1.29, 1.82) is 0 Å². The summed E-state index contributed by atoms with van der Waals surface area (Å²) in [6.07, 6.45) is 0.945. The molecular formula is C16H24N2O2. The fourth-order valence-corrected chi connectivity index (χ4v) is 2.71. The molecule has 1 aromatic rings. The minimum atomic E-state index is -0.102. The summed E-state index contributed by atoms with van der Waals surface area (Å²) >= 11 is 0. The van der Waals surface area contributed by atoms with Gasteiger partial charge in [0.25, 0.3) is 0 Å². The van der Waals surface area contributed by atoms with Crippen LogP contribution in [0.4, 0.5) is 0 Å². The molecule has 1 fully saturated rings. The Kier molecular flexibility index (Phi) is 5.56. The van der Waals surface area contributed by atoms with Crippen LogP contribution in [0.25, 0.3) is 0 Å². The van der Waals surface area contributed by atoms with Crippen LogP contribution >= 0.6 is 0 Å². The Labute approximate surface area is 120 Å². The van der Waals surface area contributed by atoms with Gasteiger partial charge in [0.15, 0.2) is 0 Å². The second-order valence-corrected chi connectivity index (χ2v) is 5.26. The van der Waals surface area contributed by atoms with E-state index in [2.05, 4.69) is 29.7 Å². The molecule has 0 aromatic heterocycles. The molecule has 110 valence electrons. The van der Waals surface area contributed by atoms with E-state index >= 15 is 0 Å². The average Bonchev–Trinajstić information content (AvgIpc) is 2.49. The molecule has 0 amide bonds. The van der Waals surface area contributed by atoms with Crippen LogP contribution in [0.5, 0.6) is 0 Å². The first-order valence-electron chi connectivity index (χ1n) is 7.40. The van der Waals surface area contributed by atoms with Crippen molar-refractivity contribution in [3.8, 4) is 0 Å². The molecule has 0 spiro atoms. The standard InChI is InChI=1S/C16H24N2O2/c1-3-20-16(19)14-11-17-10-9-15(14)18-12(2)13-7-5-4-6-8-13/h4-8,12,14-15,17-18H,3,9-11H2,1-2H3/t12-,14-,15-/m1/s1. The van der Waals surface area contributed by atoms with E-state index in [9.17, 15) is 4.79 Å². The summed E-state index contributed by atoms with van der Waals surface area (Å²) in [6, 6.07) is 10.7. The molecule has 2 N–H and O–H groups in total. The molecule has 0 saturated carbocycles. The predicted molar refractivity (Wildman–Crippen MR) is 79.4 cm³/mol. The third-order valence-corrected chi connectivity index (χ3v) is 3.84. The van der Waals surface area contributed by atoms with Crippen molar-refractivity contribution in [2.45, 2.75) is 32.4 Å². The highest BCUT2D eigenvalue weighted by Crippen LogP contribution is 2.19. The van der Waals surface area contributed by atoms with Crippen molar-refractivity contribution >= 4 is 5.97 Å². The zero-order valence-corrected chi connectivity index (χ0v) is 12.3. The summed E-state index contributed by atoms with van der Waals surface area (Å²) in [5, 5.41) is 6.86. The molecule has 4 nitrogen and oxygen atoms in total. The number of piperidine rings is 1. The van der Waals surface area contributed by atoms with E-state index in [1.54, 1.807) is 0 Å². The molecule has 20 heavy (non-hydrogen) atoms. The van der Waals surface area contributed by atoms with Gasteiger partial charge in [-0.05, 0) is 32.4 Å². The monoisotopic (exact) mass is 276 g/mol. The lowest BCUT2D eigenvalue weighted by molar-refractivity contribution is -0.149. The Hall–Kier alpha value is -1.39. The number of benzene rings is 1. The van der Waals surface area contributed by atoms with E-state index < -0.39 is 0 Å². The van der Waals surface area contributed by atoms with Crippen LogP contribution in [-0.2, 0) is 9.53 Å². The molecule has 0 bridgehead atoms. The van der Waals surface area contributed by atoms with Gasteiger partial charge in [-0.2, -0.15) is 0 Å². The van der Waals surface area contributed by atoms with Crippen LogP contribution in [0, 0.1) is 5.92 Å². The molecule has 1 aromatic carbocycles. The minimum Gasteiger partial charge on any atom is -0.466 e. The molecule has 0 radical (unpaired) electrons. The van der Waals surface area contributed by atoms with Gasteiger partial charge in [0, 0.05) is 18.6 Å². The van der Waals surface area contributed by atoms with Crippen molar-refractivity contribution in [3.05, 3.63) is 35.9 Å². The lowest BCUT2D eigenvalue weighted by atomic mass is 9.92. The van der Waals surface area contributed by atoms with E-state index in [0.29, 0.717) is 13.2 Å². The zero-order chi connectivity index (χ0) is 14.4. The quantitative estimate of drug-likeness (QED) is 0.806. The first-order chi connectivity index (χ1) is 9.72. The highest BCUT2D eigenvalue weighted by atomic mass is 16.5. The average molecular weight is 276 g/mol. The van der Waals surface area contributed by atoms with E-state index in [-0.39, 0.29) is 24.0 Å². The van der Waals surface area contributed by atoms with Crippen molar-refractivity contribution in [1.82, 2.24) is 10.6 Å². The van der Waals surface area contributed by atoms with Crippen LogP contribution in [0.2, 0.25) is 0 Å². The van der Waals surface area contributed by atoms with Gasteiger partial charge in [-0.3, -0.25) is 4.79 Å². The molecule has 2 rings (SSSR count). The Morgan fingerprint density at radius 1 is 1.45 bits per heavy atom. The molecule has 0 unspecified atom stereocenters. The summed E-state index contributed by atoms with van der Waals surface area (Å²) in [5.74, 6) is -0.202. The molecule has 0 aliphatic carbocycles. The third kappa shape index (κ3) is 3.81. The largest absolute Gasteiger partial charge is 0.466 e. The lowest BCUT2D eigenvalue weighted by Gasteiger charge is -2.33. The maximum absolute atomic E-state index is 12.0. The Balaban J connectivity index is 2.00. The summed E-state index contributed by atoms with van der Waals surface area (Å²) in [5.41, 5.74) is 1.24. The normalized spacial score (nSPS) is 24.1. The highest BCUT2D eigenvalue weighted by Gasteiger charge is 2.32. The Morgan fingerprint density at radius 3 is 2.90 bits per heavy atom. The summed E-state index contributed by atoms with van der Waals surface area (Å²) in [7, 11) is 0. The number of carbonyl (C=O) groups is 1. The Morgan fingerprint density at radius 2 is 2.20 bits per heavy atom. The Bertz CT molecular complexity index is 422. The molecular weight excluding hydrogens is 252 g/mol. The van der Waals surface area contributed by atoms with E-state index in [1.807, 2.05) is 25.1 Å². The number of ether oxygens (including phenoxy) is 1. The molecule has 1 heterocycles. The van der Waals surface area contributed by atoms with Crippen molar-refractivity contribution < 1.29 is 9.53 Å². The van der Waals surface area contributed by atoms with E-state index in [4.69, 9.17) is 4.74 Å². The van der Waals surface area contributed by atoms with Gasteiger partial charge in [-0.15, -0.1) is 0 Å². The SMILES string of the molecule is CCOC(=O)[C@@H]1CNCC[C@H]1N[C@H](C)c1ccccc1. The second-order valence-electron chi connectivity index (χ2n) is 5.26. The van der Waals surface area contributed by atoms with Gasteiger partial charge in [0.1, 0.15) is 0 Å². The molecule has 1 aliphatic heterocycles. The van der Waals surface area contributed by atoms with Gasteiger partial charge < -0.3 is 15.4 Å². The first-order valence-corrected chi connectivity index (χ1v) is 7.40. The number of hydrogen-bond acceptors (Lipinski definition) is 4. The molecule has 4 heteroatoms. The molecule has 1 saturated heterocycles. The van der Waals surface area contributed by atoms with Crippen LogP contribution in [0.1, 0.15) is 31.9 Å². The number of rotatable bonds is 5. The highest BCUT2D eigenvalue weighted by molar-refractivity contribution is 5.73. The zero-order valence-electron chi connectivity index (χ0n) is 12.3. The van der Waals surface area contributed by atoms with Crippen LogP contribution in [0.3, 0.4) is 0 Å². The lowest BCUT2D eigenvalue weighted by Crippen LogP contribution is -2.51. The van der Waals surface area contributed by atoms with Crippen molar-refractivity contribution in [2.24, 2.45) is 5.92 Å². The van der Waals surface area contributed by atoms with Gasteiger partial charge >= 0.3 is 5.97 Å². The first kappa shape index (κ1) is 15.0.